The average molecular weight is 340 g/mol. The van der Waals surface area contributed by atoms with Crippen LogP contribution in [-0.4, -0.2) is 47.8 Å². The van der Waals surface area contributed by atoms with E-state index in [2.05, 4.69) is 0 Å². The summed E-state index contributed by atoms with van der Waals surface area (Å²) in [7, 11) is 0. The maximum atomic E-state index is 11.8. The number of Topliss-reactive ketones (excluding diaryl/α,β-unsaturated/α-hetero) is 1. The van der Waals surface area contributed by atoms with Crippen LogP contribution in [0.5, 0.6) is 0 Å². The first-order chi connectivity index (χ1) is 11.2. The van der Waals surface area contributed by atoms with E-state index in [0.29, 0.717) is 0 Å². The number of carbonyl (C=O) groups excluding carboxylic acids is 5. The van der Waals surface area contributed by atoms with Gasteiger partial charge in [0.15, 0.2) is 23.8 Å². The van der Waals surface area contributed by atoms with Crippen molar-refractivity contribution in [1.82, 2.24) is 0 Å². The molecule has 0 saturated carbocycles. The molecular weight excluding hydrogens is 320 g/mol. The lowest BCUT2D eigenvalue weighted by atomic mass is 10.1. The monoisotopic (exact) mass is 340 g/mol. The van der Waals surface area contributed by atoms with Gasteiger partial charge in [-0.05, 0) is 26.8 Å². The molecule has 1 rings (SSSR count). The molecule has 8 nitrogen and oxygen atoms in total. The van der Waals surface area contributed by atoms with Crippen molar-refractivity contribution >= 4 is 29.5 Å². The summed E-state index contributed by atoms with van der Waals surface area (Å²) in [5.41, 5.74) is 0. The minimum Gasteiger partial charge on any atom is -0.459 e. The van der Waals surface area contributed by atoms with Crippen LogP contribution in [-0.2, 0) is 38.2 Å². The SMILES string of the molecule is C[C@@H]1CC(=O)O[C@@H](C)C(=O)CCC(=O)O[C@@H](C)C(=O)/C=C/C(=O)O1. The molecule has 0 aromatic rings. The Kier molecular flexibility index (Phi) is 7.29. The standard InChI is InChI=1S/C16H20O8/c1-9-8-16(21)24-11(3)13(18)5-7-15(20)23-10(2)12(17)4-6-14(19)22-9/h4,6,9-11H,5,7-8H2,1-3H3/b6-4+/t9-,10+,11+/m1/s1. The maximum Gasteiger partial charge on any atom is 0.331 e. The molecule has 0 bridgehead atoms. The Morgan fingerprint density at radius 1 is 0.792 bits per heavy atom. The maximum absolute atomic E-state index is 11.8. The lowest BCUT2D eigenvalue weighted by Crippen LogP contribution is -2.28. The van der Waals surface area contributed by atoms with Gasteiger partial charge in [-0.15, -0.1) is 0 Å². The molecule has 0 aromatic carbocycles. The summed E-state index contributed by atoms with van der Waals surface area (Å²) in [4.78, 5) is 58.4. The summed E-state index contributed by atoms with van der Waals surface area (Å²) in [5, 5.41) is 0. The Balaban J connectivity index is 2.87. The Labute approximate surface area is 139 Å². The van der Waals surface area contributed by atoms with Crippen molar-refractivity contribution in [3.63, 3.8) is 0 Å². The molecule has 0 fully saturated rings. The van der Waals surface area contributed by atoms with E-state index in [-0.39, 0.29) is 19.3 Å². The number of hydrogen-bond donors (Lipinski definition) is 0. The highest BCUT2D eigenvalue weighted by molar-refractivity contribution is 5.99. The smallest absolute Gasteiger partial charge is 0.331 e. The summed E-state index contributed by atoms with van der Waals surface area (Å²) < 4.78 is 14.7. The first-order valence-electron chi connectivity index (χ1n) is 7.53. The topological polar surface area (TPSA) is 113 Å². The second-order valence-electron chi connectivity index (χ2n) is 5.42. The second-order valence-corrected chi connectivity index (χ2v) is 5.42. The van der Waals surface area contributed by atoms with Crippen LogP contribution in [0.25, 0.3) is 0 Å². The van der Waals surface area contributed by atoms with Gasteiger partial charge in [0.1, 0.15) is 6.10 Å². The fourth-order valence-electron chi connectivity index (χ4n) is 1.85. The van der Waals surface area contributed by atoms with Gasteiger partial charge in [0.05, 0.1) is 12.8 Å². The van der Waals surface area contributed by atoms with Gasteiger partial charge in [-0.25, -0.2) is 4.79 Å². The minimum atomic E-state index is -1.09. The van der Waals surface area contributed by atoms with Gasteiger partial charge in [0, 0.05) is 12.5 Å². The minimum absolute atomic E-state index is 0.172. The van der Waals surface area contributed by atoms with E-state index in [1.807, 2.05) is 0 Å². The summed E-state index contributed by atoms with van der Waals surface area (Å²) in [6, 6.07) is 0. The van der Waals surface area contributed by atoms with Crippen LogP contribution in [0, 0.1) is 0 Å². The van der Waals surface area contributed by atoms with E-state index in [0.717, 1.165) is 12.2 Å². The van der Waals surface area contributed by atoms with Crippen molar-refractivity contribution in [3.05, 3.63) is 12.2 Å². The Hall–Kier alpha value is -2.51. The van der Waals surface area contributed by atoms with E-state index in [1.54, 1.807) is 0 Å². The molecule has 1 aliphatic rings. The van der Waals surface area contributed by atoms with Gasteiger partial charge >= 0.3 is 17.9 Å². The van der Waals surface area contributed by atoms with E-state index < -0.39 is 47.8 Å². The molecule has 8 heteroatoms. The normalized spacial score (nSPS) is 29.5. The summed E-state index contributed by atoms with van der Waals surface area (Å²) in [6.45, 7) is 4.23. The van der Waals surface area contributed by atoms with Crippen LogP contribution in [0.3, 0.4) is 0 Å². The van der Waals surface area contributed by atoms with E-state index in [1.165, 1.54) is 20.8 Å². The number of ether oxygens (including phenoxy) is 3. The Morgan fingerprint density at radius 2 is 1.42 bits per heavy atom. The predicted molar refractivity (Wildman–Crippen MR) is 79.7 cm³/mol. The van der Waals surface area contributed by atoms with Crippen molar-refractivity contribution in [2.24, 2.45) is 0 Å². The molecule has 0 unspecified atom stereocenters. The molecule has 1 heterocycles. The highest BCUT2D eigenvalue weighted by atomic mass is 16.6. The summed E-state index contributed by atoms with van der Waals surface area (Å²) in [5.74, 6) is -3.31. The van der Waals surface area contributed by atoms with Crippen molar-refractivity contribution < 1.29 is 38.2 Å². The van der Waals surface area contributed by atoms with Gasteiger partial charge < -0.3 is 14.2 Å². The molecule has 0 aromatic heterocycles. The molecule has 1 aliphatic heterocycles. The van der Waals surface area contributed by atoms with Crippen LogP contribution in [0.15, 0.2) is 12.2 Å². The molecule has 0 spiro atoms. The van der Waals surface area contributed by atoms with Gasteiger partial charge in [-0.1, -0.05) is 0 Å². The second kappa shape index (κ2) is 8.95. The highest BCUT2D eigenvalue weighted by Gasteiger charge is 2.23. The molecule has 0 saturated heterocycles. The van der Waals surface area contributed by atoms with E-state index in [4.69, 9.17) is 14.2 Å². The van der Waals surface area contributed by atoms with Crippen LogP contribution in [0.1, 0.15) is 40.0 Å². The zero-order chi connectivity index (χ0) is 18.3. The van der Waals surface area contributed by atoms with E-state index >= 15 is 0 Å². The van der Waals surface area contributed by atoms with Crippen LogP contribution >= 0.6 is 0 Å². The van der Waals surface area contributed by atoms with Crippen LogP contribution in [0.2, 0.25) is 0 Å². The van der Waals surface area contributed by atoms with Crippen LogP contribution in [0.4, 0.5) is 0 Å². The fourth-order valence-corrected chi connectivity index (χ4v) is 1.85. The Morgan fingerprint density at radius 3 is 2.08 bits per heavy atom. The lowest BCUT2D eigenvalue weighted by Gasteiger charge is -2.16. The van der Waals surface area contributed by atoms with Crippen molar-refractivity contribution in [2.45, 2.75) is 58.3 Å². The number of ketones is 2. The molecular formula is C16H20O8. The van der Waals surface area contributed by atoms with Crippen molar-refractivity contribution in [3.8, 4) is 0 Å². The third-order valence-electron chi connectivity index (χ3n) is 3.20. The quantitative estimate of drug-likeness (QED) is 0.467. The van der Waals surface area contributed by atoms with Gasteiger partial charge in [0.2, 0.25) is 0 Å². The number of cyclic esters (lactones) is 3. The lowest BCUT2D eigenvalue weighted by molar-refractivity contribution is -0.159. The van der Waals surface area contributed by atoms with Crippen molar-refractivity contribution in [2.75, 3.05) is 0 Å². The first-order valence-corrected chi connectivity index (χ1v) is 7.53. The largest absolute Gasteiger partial charge is 0.459 e. The fraction of sp³-hybridized carbons (Fsp3) is 0.562. The first kappa shape index (κ1) is 19.5. The number of esters is 3. The molecule has 0 N–H and O–H groups in total. The average Bonchev–Trinajstić information content (AvgIpc) is 2.48. The third kappa shape index (κ3) is 6.72. The molecule has 24 heavy (non-hydrogen) atoms. The molecule has 132 valence electrons. The predicted octanol–water partition coefficient (Wildman–Crippen LogP) is 0.660. The summed E-state index contributed by atoms with van der Waals surface area (Å²) >= 11 is 0. The molecule has 3 atom stereocenters. The zero-order valence-electron chi connectivity index (χ0n) is 13.8. The van der Waals surface area contributed by atoms with Gasteiger partial charge in [-0.3, -0.25) is 19.2 Å². The third-order valence-corrected chi connectivity index (χ3v) is 3.20. The number of rotatable bonds is 0. The summed E-state index contributed by atoms with van der Waals surface area (Å²) in [6.07, 6.45) is -1.71. The zero-order valence-corrected chi connectivity index (χ0v) is 13.8. The highest BCUT2D eigenvalue weighted by Crippen LogP contribution is 2.08. The van der Waals surface area contributed by atoms with Gasteiger partial charge in [-0.2, -0.15) is 0 Å². The molecule has 0 radical (unpaired) electrons. The van der Waals surface area contributed by atoms with Gasteiger partial charge in [0.25, 0.3) is 0 Å². The number of hydrogen-bond acceptors (Lipinski definition) is 8. The molecule has 0 amide bonds. The van der Waals surface area contributed by atoms with E-state index in [9.17, 15) is 24.0 Å². The van der Waals surface area contributed by atoms with Crippen LogP contribution < -0.4 is 0 Å². The molecule has 0 aliphatic carbocycles. The Bertz CT molecular complexity index is 562. The van der Waals surface area contributed by atoms with Crippen molar-refractivity contribution in [1.29, 1.82) is 0 Å². The number of carbonyl (C=O) groups is 5.